The molecule has 4 aromatic rings. The molecular weight excluding hydrogens is 356 g/mol. The van der Waals surface area contributed by atoms with E-state index >= 15 is 0 Å². The monoisotopic (exact) mass is 372 g/mol. The first-order valence-electron chi connectivity index (χ1n) is 8.51. The molecular formula is C20H16N6S. The highest BCUT2D eigenvalue weighted by atomic mass is 32.2. The SMILES string of the molecule is Nc1ccc(-c2cn(Cc3ccc4c(c3)Nc3nccnc3S4)cn2)cc1. The molecule has 27 heavy (non-hydrogen) atoms. The fourth-order valence-electron chi connectivity index (χ4n) is 3.04. The van der Waals surface area contributed by atoms with Crippen LogP contribution in [0.4, 0.5) is 17.2 Å². The van der Waals surface area contributed by atoms with Gasteiger partial charge in [-0.05, 0) is 29.8 Å². The van der Waals surface area contributed by atoms with Crippen molar-refractivity contribution in [2.75, 3.05) is 11.1 Å². The topological polar surface area (TPSA) is 81.6 Å². The van der Waals surface area contributed by atoms with Gasteiger partial charge in [0.2, 0.25) is 0 Å². The fourth-order valence-corrected chi connectivity index (χ4v) is 3.92. The van der Waals surface area contributed by atoms with Gasteiger partial charge in [-0.3, -0.25) is 0 Å². The number of hydrogen-bond donors (Lipinski definition) is 2. The van der Waals surface area contributed by atoms with Gasteiger partial charge in [-0.15, -0.1) is 0 Å². The van der Waals surface area contributed by atoms with Gasteiger partial charge in [-0.1, -0.05) is 30.0 Å². The third kappa shape index (κ3) is 3.13. The van der Waals surface area contributed by atoms with Crippen molar-refractivity contribution in [1.29, 1.82) is 0 Å². The number of aromatic nitrogens is 4. The second kappa shape index (κ2) is 6.44. The van der Waals surface area contributed by atoms with Gasteiger partial charge in [0.25, 0.3) is 0 Å². The first-order valence-corrected chi connectivity index (χ1v) is 9.33. The zero-order valence-electron chi connectivity index (χ0n) is 14.3. The third-order valence-electron chi connectivity index (χ3n) is 4.37. The van der Waals surface area contributed by atoms with Gasteiger partial charge in [0.15, 0.2) is 5.82 Å². The Labute approximate surface area is 160 Å². The van der Waals surface area contributed by atoms with Gasteiger partial charge in [-0.2, -0.15) is 0 Å². The van der Waals surface area contributed by atoms with Crippen molar-refractivity contribution in [3.8, 4) is 11.3 Å². The molecule has 0 spiro atoms. The van der Waals surface area contributed by atoms with Gasteiger partial charge in [-0.25, -0.2) is 15.0 Å². The maximum absolute atomic E-state index is 5.76. The summed E-state index contributed by atoms with van der Waals surface area (Å²) in [7, 11) is 0. The van der Waals surface area contributed by atoms with E-state index in [1.165, 1.54) is 5.56 Å². The van der Waals surface area contributed by atoms with Gasteiger partial charge < -0.3 is 15.6 Å². The lowest BCUT2D eigenvalue weighted by atomic mass is 10.1. The predicted molar refractivity (Wildman–Crippen MR) is 107 cm³/mol. The lowest BCUT2D eigenvalue weighted by Crippen LogP contribution is -2.05. The van der Waals surface area contributed by atoms with Gasteiger partial charge >= 0.3 is 0 Å². The minimum atomic E-state index is 0.745. The van der Waals surface area contributed by atoms with Crippen LogP contribution in [0.3, 0.4) is 0 Å². The van der Waals surface area contributed by atoms with Crippen LogP contribution in [0.1, 0.15) is 5.56 Å². The molecule has 2 aromatic heterocycles. The van der Waals surface area contributed by atoms with Crippen molar-refractivity contribution in [1.82, 2.24) is 19.5 Å². The number of nitrogen functional groups attached to an aromatic ring is 1. The summed E-state index contributed by atoms with van der Waals surface area (Å²) < 4.78 is 2.08. The minimum Gasteiger partial charge on any atom is -0.399 e. The molecule has 0 aliphatic carbocycles. The molecule has 7 heteroatoms. The van der Waals surface area contributed by atoms with E-state index in [2.05, 4.69) is 43.0 Å². The summed E-state index contributed by atoms with van der Waals surface area (Å²) in [6, 6.07) is 14.2. The van der Waals surface area contributed by atoms with Crippen LogP contribution in [-0.4, -0.2) is 19.5 Å². The number of nitrogens with one attached hydrogen (secondary N) is 1. The van der Waals surface area contributed by atoms with Crippen LogP contribution >= 0.6 is 11.8 Å². The van der Waals surface area contributed by atoms with Gasteiger partial charge in [0.1, 0.15) is 5.03 Å². The smallest absolute Gasteiger partial charge is 0.163 e. The molecule has 1 aliphatic heterocycles. The normalized spacial score (nSPS) is 12.1. The van der Waals surface area contributed by atoms with Crippen molar-refractivity contribution in [3.05, 3.63) is 72.9 Å². The van der Waals surface area contributed by atoms with Crippen LogP contribution in [0.25, 0.3) is 11.3 Å². The van der Waals surface area contributed by atoms with E-state index in [4.69, 9.17) is 5.73 Å². The molecule has 3 N–H and O–H groups in total. The second-order valence-electron chi connectivity index (χ2n) is 6.32. The third-order valence-corrected chi connectivity index (χ3v) is 5.44. The molecule has 3 heterocycles. The Morgan fingerprint density at radius 1 is 1.00 bits per heavy atom. The second-order valence-corrected chi connectivity index (χ2v) is 7.35. The van der Waals surface area contributed by atoms with Crippen LogP contribution in [-0.2, 0) is 6.54 Å². The lowest BCUT2D eigenvalue weighted by molar-refractivity contribution is 0.797. The maximum atomic E-state index is 5.76. The van der Waals surface area contributed by atoms with E-state index in [1.807, 2.05) is 36.8 Å². The molecule has 2 aromatic carbocycles. The summed E-state index contributed by atoms with van der Waals surface area (Å²) in [5.74, 6) is 0.806. The molecule has 1 aliphatic rings. The molecule has 0 amide bonds. The van der Waals surface area contributed by atoms with E-state index in [-0.39, 0.29) is 0 Å². The van der Waals surface area contributed by atoms with Crippen molar-refractivity contribution in [2.24, 2.45) is 0 Å². The van der Waals surface area contributed by atoms with Crippen LogP contribution in [0, 0.1) is 0 Å². The highest BCUT2D eigenvalue weighted by Gasteiger charge is 2.17. The van der Waals surface area contributed by atoms with E-state index in [9.17, 15) is 0 Å². The summed E-state index contributed by atoms with van der Waals surface area (Å²) >= 11 is 1.63. The van der Waals surface area contributed by atoms with E-state index in [0.29, 0.717) is 0 Å². The fraction of sp³-hybridized carbons (Fsp3) is 0.0500. The van der Waals surface area contributed by atoms with Gasteiger partial charge in [0.05, 0.1) is 17.7 Å². The average molecular weight is 372 g/mol. The highest BCUT2D eigenvalue weighted by Crippen LogP contribution is 2.42. The average Bonchev–Trinajstić information content (AvgIpc) is 3.15. The van der Waals surface area contributed by atoms with Crippen LogP contribution in [0.2, 0.25) is 0 Å². The van der Waals surface area contributed by atoms with Gasteiger partial charge in [0, 0.05) is 41.3 Å². The minimum absolute atomic E-state index is 0.745. The Bertz CT molecular complexity index is 1120. The number of anilines is 3. The van der Waals surface area contributed by atoms with Crippen molar-refractivity contribution in [3.63, 3.8) is 0 Å². The summed E-state index contributed by atoms with van der Waals surface area (Å²) in [4.78, 5) is 14.4. The van der Waals surface area contributed by atoms with Crippen molar-refractivity contribution in [2.45, 2.75) is 16.5 Å². The Morgan fingerprint density at radius 3 is 2.74 bits per heavy atom. The summed E-state index contributed by atoms with van der Waals surface area (Å²) in [5, 5.41) is 4.28. The van der Waals surface area contributed by atoms with Crippen molar-refractivity contribution < 1.29 is 0 Å². The number of nitrogens with zero attached hydrogens (tertiary/aromatic N) is 4. The first-order chi connectivity index (χ1) is 13.2. The van der Waals surface area contributed by atoms with Crippen LogP contribution in [0.5, 0.6) is 0 Å². The summed E-state index contributed by atoms with van der Waals surface area (Å²) in [5.41, 5.74) is 10.8. The molecule has 0 bridgehead atoms. The summed E-state index contributed by atoms with van der Waals surface area (Å²) in [6.07, 6.45) is 7.32. The molecule has 0 fully saturated rings. The number of hydrogen-bond acceptors (Lipinski definition) is 6. The number of nitrogens with two attached hydrogens (primary N) is 1. The molecule has 0 unspecified atom stereocenters. The number of rotatable bonds is 3. The summed E-state index contributed by atoms with van der Waals surface area (Å²) in [6.45, 7) is 0.745. The zero-order chi connectivity index (χ0) is 18.2. The Hall–Kier alpha value is -3.32. The molecule has 132 valence electrons. The largest absolute Gasteiger partial charge is 0.399 e. The maximum Gasteiger partial charge on any atom is 0.163 e. The quantitative estimate of drug-likeness (QED) is 0.463. The molecule has 0 radical (unpaired) electrons. The van der Waals surface area contributed by atoms with E-state index in [1.54, 1.807) is 24.2 Å². The van der Waals surface area contributed by atoms with Crippen LogP contribution < -0.4 is 11.1 Å². The Balaban J connectivity index is 1.37. The standard InChI is InChI=1S/C20H16N6S/c21-15-4-2-14(3-5-15)17-11-26(12-24-17)10-13-1-6-18-16(9-13)25-19-20(27-18)23-8-7-22-19/h1-9,11-12H,10,21H2,(H,22,25). The van der Waals surface area contributed by atoms with Crippen molar-refractivity contribution >= 4 is 29.0 Å². The Kier molecular flexibility index (Phi) is 3.79. The predicted octanol–water partition coefficient (Wildman–Crippen LogP) is 4.18. The molecule has 5 rings (SSSR count). The Morgan fingerprint density at radius 2 is 1.85 bits per heavy atom. The first kappa shape index (κ1) is 15.9. The highest BCUT2D eigenvalue weighted by molar-refractivity contribution is 7.99. The number of fused-ring (bicyclic) bond motifs is 2. The van der Waals surface area contributed by atoms with E-state index in [0.717, 1.165) is 44.9 Å². The molecule has 0 atom stereocenters. The molecule has 0 saturated heterocycles. The zero-order valence-corrected chi connectivity index (χ0v) is 15.1. The van der Waals surface area contributed by atoms with Crippen LogP contribution in [0.15, 0.2) is 77.3 Å². The lowest BCUT2D eigenvalue weighted by Gasteiger charge is -2.19. The number of benzene rings is 2. The molecule has 6 nitrogen and oxygen atoms in total. The van der Waals surface area contributed by atoms with E-state index < -0.39 is 0 Å². The number of imidazole rings is 1. The molecule has 0 saturated carbocycles.